The van der Waals surface area contributed by atoms with E-state index in [1.807, 2.05) is 0 Å². The van der Waals surface area contributed by atoms with Crippen LogP contribution >= 0.6 is 0 Å². The maximum Gasteiger partial charge on any atom is 0.272 e. The van der Waals surface area contributed by atoms with Crippen molar-refractivity contribution in [2.45, 2.75) is 13.3 Å². The number of nitro groups is 2. The third-order valence-electron chi connectivity index (χ3n) is 2.99. The second-order valence-electron chi connectivity index (χ2n) is 4.48. The molecule has 0 aromatic heterocycles. The molecule has 6 heteroatoms. The molecule has 0 heterocycles. The molecule has 0 N–H and O–H groups in total. The van der Waals surface area contributed by atoms with Crippen LogP contribution in [0.15, 0.2) is 42.5 Å². The van der Waals surface area contributed by atoms with Gasteiger partial charge in [-0.3, -0.25) is 20.2 Å². The zero-order chi connectivity index (χ0) is 14.7. The van der Waals surface area contributed by atoms with Crippen LogP contribution < -0.4 is 0 Å². The van der Waals surface area contributed by atoms with Gasteiger partial charge in [-0.05, 0) is 30.5 Å². The molecule has 0 aliphatic heterocycles. The van der Waals surface area contributed by atoms with Crippen molar-refractivity contribution in [1.82, 2.24) is 0 Å². The van der Waals surface area contributed by atoms with E-state index in [1.165, 1.54) is 18.2 Å². The van der Waals surface area contributed by atoms with Gasteiger partial charge in [0.2, 0.25) is 0 Å². The Kier molecular flexibility index (Phi) is 3.74. The van der Waals surface area contributed by atoms with Crippen molar-refractivity contribution in [3.63, 3.8) is 0 Å². The lowest BCUT2D eigenvalue weighted by molar-refractivity contribution is -0.385. The molecule has 0 atom stereocenters. The highest BCUT2D eigenvalue weighted by Gasteiger charge is 2.11. The SMILES string of the molecule is Cc1cc(Cc2cccc([N+](=O)[O-])c2)ccc1[N+](=O)[O-]. The smallest absolute Gasteiger partial charge is 0.258 e. The summed E-state index contributed by atoms with van der Waals surface area (Å²) < 4.78 is 0. The van der Waals surface area contributed by atoms with Crippen molar-refractivity contribution in [3.8, 4) is 0 Å². The van der Waals surface area contributed by atoms with Gasteiger partial charge in [-0.1, -0.05) is 18.2 Å². The first-order valence-corrected chi connectivity index (χ1v) is 5.94. The van der Waals surface area contributed by atoms with E-state index in [-0.39, 0.29) is 11.4 Å². The number of aryl methyl sites for hydroxylation is 1. The van der Waals surface area contributed by atoms with Crippen molar-refractivity contribution in [2.24, 2.45) is 0 Å². The Bertz CT molecular complexity index is 683. The number of benzene rings is 2. The van der Waals surface area contributed by atoms with Crippen LogP contribution in [0.25, 0.3) is 0 Å². The van der Waals surface area contributed by atoms with Gasteiger partial charge in [-0.25, -0.2) is 0 Å². The van der Waals surface area contributed by atoms with E-state index in [2.05, 4.69) is 0 Å². The quantitative estimate of drug-likeness (QED) is 0.630. The summed E-state index contributed by atoms with van der Waals surface area (Å²) in [6, 6.07) is 11.2. The Morgan fingerprint density at radius 1 is 0.950 bits per heavy atom. The second-order valence-corrected chi connectivity index (χ2v) is 4.48. The van der Waals surface area contributed by atoms with Gasteiger partial charge in [0.1, 0.15) is 0 Å². The largest absolute Gasteiger partial charge is 0.272 e. The van der Waals surface area contributed by atoms with Crippen LogP contribution in [0.2, 0.25) is 0 Å². The minimum atomic E-state index is -0.440. The fourth-order valence-corrected chi connectivity index (χ4v) is 2.05. The van der Waals surface area contributed by atoms with Gasteiger partial charge in [-0.15, -0.1) is 0 Å². The minimum absolute atomic E-state index is 0.0427. The lowest BCUT2D eigenvalue weighted by atomic mass is 10.0. The van der Waals surface area contributed by atoms with Crippen molar-refractivity contribution in [3.05, 3.63) is 79.4 Å². The molecule has 0 amide bonds. The molecule has 0 unspecified atom stereocenters. The summed E-state index contributed by atoms with van der Waals surface area (Å²) >= 11 is 0. The van der Waals surface area contributed by atoms with Gasteiger partial charge in [0, 0.05) is 23.8 Å². The molecular weight excluding hydrogens is 260 g/mol. The number of hydrogen-bond acceptors (Lipinski definition) is 4. The Morgan fingerprint density at radius 3 is 2.25 bits per heavy atom. The fourth-order valence-electron chi connectivity index (χ4n) is 2.05. The highest BCUT2D eigenvalue weighted by molar-refractivity contribution is 5.44. The summed E-state index contributed by atoms with van der Waals surface area (Å²) in [5.74, 6) is 0. The number of non-ortho nitro benzene ring substituents is 1. The first kappa shape index (κ1) is 13.7. The summed E-state index contributed by atoms with van der Waals surface area (Å²) in [4.78, 5) is 20.6. The molecule has 2 aromatic carbocycles. The van der Waals surface area contributed by atoms with Crippen molar-refractivity contribution in [1.29, 1.82) is 0 Å². The molecule has 0 saturated heterocycles. The number of hydrogen-bond donors (Lipinski definition) is 0. The predicted molar refractivity (Wildman–Crippen MR) is 73.7 cm³/mol. The van der Waals surface area contributed by atoms with E-state index in [1.54, 1.807) is 31.2 Å². The van der Waals surface area contributed by atoms with Gasteiger partial charge < -0.3 is 0 Å². The number of rotatable bonds is 4. The summed E-state index contributed by atoms with van der Waals surface area (Å²) in [7, 11) is 0. The lowest BCUT2D eigenvalue weighted by Gasteiger charge is -2.04. The molecular formula is C14H12N2O4. The molecule has 0 aliphatic rings. The van der Waals surface area contributed by atoms with Crippen LogP contribution in [-0.4, -0.2) is 9.85 Å². The van der Waals surface area contributed by atoms with Crippen LogP contribution in [0, 0.1) is 27.2 Å². The predicted octanol–water partition coefficient (Wildman–Crippen LogP) is 3.40. The normalized spacial score (nSPS) is 10.2. The van der Waals surface area contributed by atoms with E-state index < -0.39 is 9.85 Å². The third kappa shape index (κ3) is 2.97. The van der Waals surface area contributed by atoms with E-state index in [0.717, 1.165) is 11.1 Å². The zero-order valence-corrected chi connectivity index (χ0v) is 10.8. The van der Waals surface area contributed by atoms with E-state index in [0.29, 0.717) is 12.0 Å². The third-order valence-corrected chi connectivity index (χ3v) is 2.99. The van der Waals surface area contributed by atoms with Gasteiger partial charge in [0.05, 0.1) is 9.85 Å². The highest BCUT2D eigenvalue weighted by atomic mass is 16.6. The van der Waals surface area contributed by atoms with Gasteiger partial charge in [-0.2, -0.15) is 0 Å². The Morgan fingerprint density at radius 2 is 1.65 bits per heavy atom. The Balaban J connectivity index is 2.26. The van der Waals surface area contributed by atoms with Gasteiger partial charge in [0.25, 0.3) is 11.4 Å². The fraction of sp³-hybridized carbons (Fsp3) is 0.143. The zero-order valence-electron chi connectivity index (χ0n) is 10.8. The average molecular weight is 272 g/mol. The van der Waals surface area contributed by atoms with Crippen LogP contribution in [0.3, 0.4) is 0 Å². The molecule has 0 aliphatic carbocycles. The molecule has 20 heavy (non-hydrogen) atoms. The van der Waals surface area contributed by atoms with Crippen molar-refractivity contribution >= 4 is 11.4 Å². The number of nitrogens with zero attached hydrogens (tertiary/aromatic N) is 2. The molecule has 102 valence electrons. The molecule has 0 radical (unpaired) electrons. The molecule has 0 spiro atoms. The molecule has 2 aromatic rings. The highest BCUT2D eigenvalue weighted by Crippen LogP contribution is 2.22. The number of nitro benzene ring substituents is 2. The summed E-state index contributed by atoms with van der Waals surface area (Å²) in [5, 5.41) is 21.5. The summed E-state index contributed by atoms with van der Waals surface area (Å²) in [6.07, 6.45) is 0.501. The van der Waals surface area contributed by atoms with E-state index in [4.69, 9.17) is 0 Å². The minimum Gasteiger partial charge on any atom is -0.258 e. The Hall–Kier alpha value is -2.76. The summed E-state index contributed by atoms with van der Waals surface area (Å²) in [6.45, 7) is 1.68. The van der Waals surface area contributed by atoms with Gasteiger partial charge in [0.15, 0.2) is 0 Å². The molecule has 2 rings (SSSR count). The Labute approximate surface area is 115 Å². The standard InChI is InChI=1S/C14H12N2O4/c1-10-7-12(5-6-14(10)16(19)20)8-11-3-2-4-13(9-11)15(17)18/h2-7,9H,8H2,1H3. The van der Waals surface area contributed by atoms with Crippen LogP contribution in [0.5, 0.6) is 0 Å². The first-order chi connectivity index (χ1) is 9.47. The van der Waals surface area contributed by atoms with Crippen molar-refractivity contribution in [2.75, 3.05) is 0 Å². The molecule has 6 nitrogen and oxygen atoms in total. The maximum atomic E-state index is 10.7. The van der Waals surface area contributed by atoms with Gasteiger partial charge >= 0.3 is 0 Å². The maximum absolute atomic E-state index is 10.7. The lowest BCUT2D eigenvalue weighted by Crippen LogP contribution is -1.95. The molecule has 0 fully saturated rings. The molecule has 0 bridgehead atoms. The van der Waals surface area contributed by atoms with Crippen LogP contribution in [0.4, 0.5) is 11.4 Å². The second kappa shape index (κ2) is 5.48. The summed E-state index contributed by atoms with van der Waals surface area (Å²) in [5.41, 5.74) is 2.38. The average Bonchev–Trinajstić information content (AvgIpc) is 2.38. The monoisotopic (exact) mass is 272 g/mol. The van der Waals surface area contributed by atoms with E-state index >= 15 is 0 Å². The van der Waals surface area contributed by atoms with Crippen LogP contribution in [-0.2, 0) is 6.42 Å². The van der Waals surface area contributed by atoms with Crippen molar-refractivity contribution < 1.29 is 9.85 Å². The molecule has 0 saturated carbocycles. The topological polar surface area (TPSA) is 86.3 Å². The van der Waals surface area contributed by atoms with E-state index in [9.17, 15) is 20.2 Å². The first-order valence-electron chi connectivity index (χ1n) is 5.94. The van der Waals surface area contributed by atoms with Crippen LogP contribution in [0.1, 0.15) is 16.7 Å².